The molecule has 0 unspecified atom stereocenters. The van der Waals surface area contributed by atoms with Crippen molar-refractivity contribution in [3.8, 4) is 11.6 Å². The predicted molar refractivity (Wildman–Crippen MR) is 116 cm³/mol. The topological polar surface area (TPSA) is 37.5 Å². The van der Waals surface area contributed by atoms with Gasteiger partial charge >= 0.3 is 5.90 Å². The van der Waals surface area contributed by atoms with Crippen LogP contribution in [0.2, 0.25) is 0 Å². The molecule has 0 amide bonds. The minimum absolute atomic E-state index is 0. The normalized spacial score (nSPS) is 12.9. The van der Waals surface area contributed by atoms with Crippen molar-refractivity contribution < 1.29 is 33.4 Å². The Morgan fingerprint density at radius 3 is 1.93 bits per heavy atom. The number of rotatable bonds is 2. The van der Waals surface area contributed by atoms with Crippen LogP contribution in [0.3, 0.4) is 0 Å². The smallest absolute Gasteiger partial charge is 0.369 e. The summed E-state index contributed by atoms with van der Waals surface area (Å²) in [6, 6.07) is 27.4. The fraction of sp³-hybridized carbons (Fsp3) is 0.0833. The van der Waals surface area contributed by atoms with E-state index in [-0.39, 0.29) is 29.5 Å². The van der Waals surface area contributed by atoms with Gasteiger partial charge in [-0.2, -0.15) is 0 Å². The molecule has 0 N–H and O–H groups in total. The second-order valence-corrected chi connectivity index (χ2v) is 6.97. The van der Waals surface area contributed by atoms with Crippen LogP contribution < -0.4 is 39.3 Å². The Morgan fingerprint density at radius 2 is 1.30 bits per heavy atom. The van der Waals surface area contributed by atoms with Gasteiger partial charge in [0.05, 0.1) is 18.0 Å². The van der Waals surface area contributed by atoms with E-state index in [1.54, 1.807) is 4.57 Å². The van der Waals surface area contributed by atoms with Crippen molar-refractivity contribution in [2.24, 2.45) is 0 Å². The molecule has 0 spiro atoms. The van der Waals surface area contributed by atoms with Crippen molar-refractivity contribution in [3.63, 3.8) is 0 Å². The first-order chi connectivity index (χ1) is 14.2. The lowest BCUT2D eigenvalue weighted by Crippen LogP contribution is -3.00. The van der Waals surface area contributed by atoms with Crippen LogP contribution in [-0.2, 0) is 0 Å². The van der Waals surface area contributed by atoms with Crippen molar-refractivity contribution >= 4 is 28.0 Å². The molecule has 1 aliphatic rings. The number of nitrogens with zero attached hydrogens (tertiary/aromatic N) is 3. The second kappa shape index (κ2) is 7.95. The van der Waals surface area contributed by atoms with Crippen molar-refractivity contribution in [2.75, 3.05) is 12.1 Å². The quantitative estimate of drug-likeness (QED) is 0.304. The second-order valence-electron chi connectivity index (χ2n) is 6.97. The van der Waals surface area contributed by atoms with Crippen LogP contribution in [-0.4, -0.2) is 22.2 Å². The van der Waals surface area contributed by atoms with Gasteiger partial charge in [0.25, 0.3) is 5.56 Å². The van der Waals surface area contributed by atoms with Crippen molar-refractivity contribution in [2.45, 2.75) is 6.92 Å². The molecule has 1 aromatic heterocycles. The van der Waals surface area contributed by atoms with Crippen LogP contribution in [0.4, 0.5) is 11.4 Å². The van der Waals surface area contributed by atoms with E-state index in [1.807, 2.05) is 104 Å². The third kappa shape index (κ3) is 3.08. The van der Waals surface area contributed by atoms with Gasteiger partial charge in [0.15, 0.2) is 12.7 Å². The molecule has 150 valence electrons. The van der Waals surface area contributed by atoms with Gasteiger partial charge in [-0.1, -0.05) is 59.3 Å². The van der Waals surface area contributed by atoms with E-state index in [9.17, 15) is 4.79 Å². The summed E-state index contributed by atoms with van der Waals surface area (Å²) in [5.41, 5.74) is 2.49. The summed E-state index contributed by atoms with van der Waals surface area (Å²) in [7, 11) is 1.96. The molecule has 30 heavy (non-hydrogen) atoms. The molecular weight excluding hydrogens is 489 g/mol. The third-order valence-electron chi connectivity index (χ3n) is 5.25. The Bertz CT molecular complexity index is 1320. The summed E-state index contributed by atoms with van der Waals surface area (Å²) in [5.74, 6) is 1.19. The van der Waals surface area contributed by atoms with Gasteiger partial charge in [0.1, 0.15) is 5.69 Å². The maximum atomic E-state index is 13.5. The number of aromatic nitrogens is 1. The minimum atomic E-state index is -0.101. The summed E-state index contributed by atoms with van der Waals surface area (Å²) in [6.07, 6.45) is 0. The number of anilines is 2. The molecule has 0 fully saturated rings. The Morgan fingerprint density at radius 1 is 0.767 bits per heavy atom. The molecule has 6 heteroatoms. The molecule has 3 aromatic carbocycles. The number of halogens is 1. The summed E-state index contributed by atoms with van der Waals surface area (Å²) in [5, 5.41) is 3.59. The van der Waals surface area contributed by atoms with E-state index < -0.39 is 0 Å². The van der Waals surface area contributed by atoms with Gasteiger partial charge < -0.3 is 28.7 Å². The molecule has 5 rings (SSSR count). The number of pyridine rings is 1. The minimum Gasteiger partial charge on any atom is -1.00 e. The Kier molecular flexibility index (Phi) is 5.34. The fourth-order valence-corrected chi connectivity index (χ4v) is 3.79. The van der Waals surface area contributed by atoms with E-state index >= 15 is 0 Å². The number of hydrazone groups is 1. The van der Waals surface area contributed by atoms with Gasteiger partial charge in [-0.05, 0) is 30.3 Å². The van der Waals surface area contributed by atoms with Gasteiger partial charge in [-0.15, -0.1) is 5.01 Å². The lowest BCUT2D eigenvalue weighted by atomic mass is 10.1. The van der Waals surface area contributed by atoms with Crippen LogP contribution in [0.25, 0.3) is 16.5 Å². The Labute approximate surface area is 191 Å². The molecule has 0 bridgehead atoms. The summed E-state index contributed by atoms with van der Waals surface area (Å²) >= 11 is 0. The monoisotopic (exact) mass is 509 g/mol. The lowest BCUT2D eigenvalue weighted by Gasteiger charge is -2.28. The third-order valence-corrected chi connectivity index (χ3v) is 5.25. The number of hydrogen-bond acceptors (Lipinski definition) is 3. The van der Waals surface area contributed by atoms with E-state index in [1.165, 1.54) is 0 Å². The van der Waals surface area contributed by atoms with Crippen LogP contribution in [0.1, 0.15) is 6.92 Å². The summed E-state index contributed by atoms with van der Waals surface area (Å²) in [4.78, 5) is 13.5. The van der Waals surface area contributed by atoms with E-state index in [0.29, 0.717) is 17.2 Å². The highest BCUT2D eigenvalue weighted by molar-refractivity contribution is 5.99. The lowest BCUT2D eigenvalue weighted by molar-refractivity contribution is -0.510. The summed E-state index contributed by atoms with van der Waals surface area (Å²) < 4.78 is 9.85. The van der Waals surface area contributed by atoms with Crippen molar-refractivity contribution in [3.05, 3.63) is 95.3 Å². The highest BCUT2D eigenvalue weighted by Crippen LogP contribution is 2.41. The van der Waals surface area contributed by atoms with E-state index in [4.69, 9.17) is 4.74 Å². The van der Waals surface area contributed by atoms with Gasteiger partial charge in [-0.25, -0.2) is 4.57 Å². The van der Waals surface area contributed by atoms with Crippen LogP contribution in [0.5, 0.6) is 5.88 Å². The zero-order valence-corrected chi connectivity index (χ0v) is 18.8. The Hall–Kier alpha value is -3.13. The van der Waals surface area contributed by atoms with Gasteiger partial charge in [0.2, 0.25) is 5.88 Å². The first kappa shape index (κ1) is 20.2. The van der Waals surface area contributed by atoms with Crippen LogP contribution >= 0.6 is 0 Å². The van der Waals surface area contributed by atoms with Gasteiger partial charge in [0, 0.05) is 5.39 Å². The Balaban J connectivity index is 0.00000218. The number of ether oxygens (including phenoxy) is 1. The number of para-hydroxylation sites is 2. The fourth-order valence-electron chi connectivity index (χ4n) is 3.79. The standard InChI is InChI=1S/C24H20N3O2.HI/c1-17-25(2)27(19-13-7-4-8-14-19)22-20-15-9-10-16-21(20)23(28)26(24(22)29-17)18-11-5-3-6-12-18;/h3-16H,1-2H3;1H/q+1;/p-1. The largest absolute Gasteiger partial charge is 1.00 e. The van der Waals surface area contributed by atoms with Crippen molar-refractivity contribution in [1.29, 1.82) is 0 Å². The van der Waals surface area contributed by atoms with Crippen molar-refractivity contribution in [1.82, 2.24) is 4.57 Å². The molecule has 0 radical (unpaired) electrons. The van der Waals surface area contributed by atoms with Crippen LogP contribution in [0, 0.1) is 0 Å². The highest BCUT2D eigenvalue weighted by atomic mass is 127. The molecule has 4 aromatic rings. The first-order valence-corrected chi connectivity index (χ1v) is 9.50. The maximum Gasteiger partial charge on any atom is 0.369 e. The van der Waals surface area contributed by atoms with E-state index in [0.717, 1.165) is 22.4 Å². The maximum absolute atomic E-state index is 13.5. The highest BCUT2D eigenvalue weighted by Gasteiger charge is 2.36. The number of hydrogen-bond donors (Lipinski definition) is 0. The molecule has 1 aliphatic heterocycles. The molecule has 0 saturated heterocycles. The number of fused-ring (bicyclic) bond motifs is 3. The molecule has 0 atom stereocenters. The number of hydrazine groups is 1. The molecular formula is C24H20IN3O2. The molecule has 5 nitrogen and oxygen atoms in total. The molecule has 2 heterocycles. The zero-order chi connectivity index (χ0) is 20.0. The SMILES string of the molecule is CC1=[N+](C)N(c2ccccc2)c2c(n(-c3ccccc3)c(=O)c3ccccc23)O1.[I-]. The van der Waals surface area contributed by atoms with E-state index in [2.05, 4.69) is 5.01 Å². The number of benzene rings is 3. The first-order valence-electron chi connectivity index (χ1n) is 9.50. The van der Waals surface area contributed by atoms with Crippen LogP contribution in [0.15, 0.2) is 89.7 Å². The zero-order valence-electron chi connectivity index (χ0n) is 16.6. The average Bonchev–Trinajstić information content (AvgIpc) is 2.77. The van der Waals surface area contributed by atoms with Gasteiger partial charge in [-0.3, -0.25) is 4.79 Å². The summed E-state index contributed by atoms with van der Waals surface area (Å²) in [6.45, 7) is 1.90. The average molecular weight is 509 g/mol. The molecule has 0 saturated carbocycles. The molecule has 0 aliphatic carbocycles. The predicted octanol–water partition coefficient (Wildman–Crippen LogP) is 1.50.